The van der Waals surface area contributed by atoms with Crippen LogP contribution in [0.25, 0.3) is 0 Å². The van der Waals surface area contributed by atoms with Gasteiger partial charge in [0.15, 0.2) is 0 Å². The highest BCUT2D eigenvalue weighted by atomic mass is 19.1. The molecule has 0 N–H and O–H groups in total. The zero-order valence-corrected chi connectivity index (χ0v) is 17.9. The van der Waals surface area contributed by atoms with E-state index in [4.69, 9.17) is 14.7 Å². The van der Waals surface area contributed by atoms with Gasteiger partial charge >= 0.3 is 0 Å². The molecule has 31 heavy (non-hydrogen) atoms. The predicted molar refractivity (Wildman–Crippen MR) is 113 cm³/mol. The summed E-state index contributed by atoms with van der Waals surface area (Å²) in [5.74, 6) is 0.966. The Morgan fingerprint density at radius 2 is 2.10 bits per heavy atom. The average molecular weight is 426 g/mol. The molecule has 1 unspecified atom stereocenters. The molecule has 1 fully saturated rings. The number of aryl methyl sites for hydroxylation is 1. The van der Waals surface area contributed by atoms with Crippen LogP contribution in [-0.4, -0.2) is 60.0 Å². The number of halogens is 1. The number of hydrogen-bond acceptors (Lipinski definition) is 5. The number of rotatable bonds is 6. The molecule has 1 saturated heterocycles. The second-order valence-corrected chi connectivity index (χ2v) is 8.14. The standard InChI is InChI=1S/C23H27FN4O3/c1-15-18-12-20(29)28(11-9-16-6-3-4-8-19(16)24)23(18)26-22(25-15)17-7-5-10-27(13-17)21(30)14-31-2/h3-4,6,8,17H,5,7,9-14H2,1-2H3. The smallest absolute Gasteiger partial charge is 0.248 e. The van der Waals surface area contributed by atoms with E-state index < -0.39 is 0 Å². The van der Waals surface area contributed by atoms with E-state index in [9.17, 15) is 14.0 Å². The second-order valence-electron chi connectivity index (χ2n) is 8.14. The van der Waals surface area contributed by atoms with Gasteiger partial charge in [0.2, 0.25) is 11.8 Å². The van der Waals surface area contributed by atoms with Gasteiger partial charge in [-0.25, -0.2) is 14.4 Å². The van der Waals surface area contributed by atoms with Gasteiger partial charge in [-0.05, 0) is 37.8 Å². The van der Waals surface area contributed by atoms with Crippen molar-refractivity contribution in [1.29, 1.82) is 0 Å². The molecular weight excluding hydrogens is 399 g/mol. The maximum Gasteiger partial charge on any atom is 0.248 e. The number of methoxy groups -OCH3 is 1. The first-order valence-corrected chi connectivity index (χ1v) is 10.7. The van der Waals surface area contributed by atoms with E-state index in [1.54, 1.807) is 28.0 Å². The number of ether oxygens (including phenoxy) is 1. The van der Waals surface area contributed by atoms with Gasteiger partial charge in [-0.3, -0.25) is 14.5 Å². The number of piperidine rings is 1. The Balaban J connectivity index is 1.55. The first kappa shape index (κ1) is 21.4. The zero-order valence-electron chi connectivity index (χ0n) is 17.9. The largest absolute Gasteiger partial charge is 0.375 e. The van der Waals surface area contributed by atoms with Crippen LogP contribution < -0.4 is 4.90 Å². The molecule has 0 aliphatic carbocycles. The molecule has 1 aromatic carbocycles. The fourth-order valence-electron chi connectivity index (χ4n) is 4.37. The van der Waals surface area contributed by atoms with Crippen molar-refractivity contribution in [1.82, 2.24) is 14.9 Å². The van der Waals surface area contributed by atoms with Crippen molar-refractivity contribution in [2.24, 2.45) is 0 Å². The van der Waals surface area contributed by atoms with Crippen LogP contribution in [0, 0.1) is 12.7 Å². The SMILES string of the molecule is COCC(=O)N1CCCC(c2nc(C)c3c(n2)N(CCc2ccccc2F)C(=O)C3)C1. The monoisotopic (exact) mass is 426 g/mol. The predicted octanol–water partition coefficient (Wildman–Crippen LogP) is 2.41. The highest BCUT2D eigenvalue weighted by Gasteiger charge is 2.33. The lowest BCUT2D eigenvalue weighted by Gasteiger charge is -2.32. The summed E-state index contributed by atoms with van der Waals surface area (Å²) >= 11 is 0. The summed E-state index contributed by atoms with van der Waals surface area (Å²) in [6, 6.07) is 6.62. The summed E-state index contributed by atoms with van der Waals surface area (Å²) in [6.07, 6.45) is 2.44. The van der Waals surface area contributed by atoms with E-state index in [0.717, 1.165) is 24.1 Å². The third-order valence-electron chi connectivity index (χ3n) is 6.06. The van der Waals surface area contributed by atoms with Gasteiger partial charge in [0.1, 0.15) is 24.1 Å². The summed E-state index contributed by atoms with van der Waals surface area (Å²) in [7, 11) is 1.51. The molecule has 0 saturated carbocycles. The number of carbonyl (C=O) groups excluding carboxylic acids is 2. The molecule has 2 amide bonds. The highest BCUT2D eigenvalue weighted by molar-refractivity contribution is 6.00. The maximum atomic E-state index is 14.0. The topological polar surface area (TPSA) is 75.6 Å². The lowest BCUT2D eigenvalue weighted by molar-refractivity contribution is -0.136. The van der Waals surface area contributed by atoms with Crippen LogP contribution in [0.3, 0.4) is 0 Å². The van der Waals surface area contributed by atoms with Crippen LogP contribution in [0.15, 0.2) is 24.3 Å². The fraction of sp³-hybridized carbons (Fsp3) is 0.478. The summed E-state index contributed by atoms with van der Waals surface area (Å²) in [6.45, 7) is 3.58. The average Bonchev–Trinajstić information content (AvgIpc) is 3.09. The molecule has 1 atom stereocenters. The van der Waals surface area contributed by atoms with Crippen LogP contribution >= 0.6 is 0 Å². The van der Waals surface area contributed by atoms with E-state index >= 15 is 0 Å². The van der Waals surface area contributed by atoms with E-state index in [0.29, 0.717) is 43.3 Å². The first-order chi connectivity index (χ1) is 15.0. The Morgan fingerprint density at radius 1 is 1.29 bits per heavy atom. The molecule has 8 heteroatoms. The van der Waals surface area contributed by atoms with Crippen LogP contribution in [0.2, 0.25) is 0 Å². The Hall–Kier alpha value is -2.87. The van der Waals surface area contributed by atoms with Crippen molar-refractivity contribution in [3.8, 4) is 0 Å². The van der Waals surface area contributed by atoms with Crippen LogP contribution in [0.5, 0.6) is 0 Å². The van der Waals surface area contributed by atoms with Crippen molar-refractivity contribution >= 4 is 17.6 Å². The number of amides is 2. The minimum atomic E-state index is -0.267. The quantitative estimate of drug-likeness (QED) is 0.709. The number of carbonyl (C=O) groups is 2. The zero-order chi connectivity index (χ0) is 22.0. The van der Waals surface area contributed by atoms with E-state index in [2.05, 4.69) is 0 Å². The molecular formula is C23H27FN4O3. The number of anilines is 1. The van der Waals surface area contributed by atoms with Crippen molar-refractivity contribution in [3.63, 3.8) is 0 Å². The summed E-state index contributed by atoms with van der Waals surface area (Å²) in [5.41, 5.74) is 2.21. The molecule has 7 nitrogen and oxygen atoms in total. The molecule has 0 spiro atoms. The Kier molecular flexibility index (Phi) is 6.27. The molecule has 1 aromatic heterocycles. The Morgan fingerprint density at radius 3 is 2.87 bits per heavy atom. The fourth-order valence-corrected chi connectivity index (χ4v) is 4.37. The van der Waals surface area contributed by atoms with Gasteiger partial charge in [-0.1, -0.05) is 18.2 Å². The third-order valence-corrected chi connectivity index (χ3v) is 6.06. The molecule has 2 aromatic rings. The number of aromatic nitrogens is 2. The number of hydrogen-bond donors (Lipinski definition) is 0. The lowest BCUT2D eigenvalue weighted by atomic mass is 9.96. The van der Waals surface area contributed by atoms with E-state index in [-0.39, 0.29) is 36.6 Å². The molecule has 0 radical (unpaired) electrons. The molecule has 3 heterocycles. The van der Waals surface area contributed by atoms with Crippen molar-refractivity contribution in [2.45, 2.75) is 38.5 Å². The minimum Gasteiger partial charge on any atom is -0.375 e. The number of benzene rings is 1. The molecule has 2 aliphatic rings. The molecule has 2 aliphatic heterocycles. The van der Waals surface area contributed by atoms with Crippen LogP contribution in [0.4, 0.5) is 10.2 Å². The molecule has 4 rings (SSSR count). The van der Waals surface area contributed by atoms with Gasteiger partial charge in [-0.2, -0.15) is 0 Å². The molecule has 0 bridgehead atoms. The Labute approximate surface area is 181 Å². The highest BCUT2D eigenvalue weighted by Crippen LogP contribution is 2.33. The van der Waals surface area contributed by atoms with E-state index in [1.807, 2.05) is 6.92 Å². The summed E-state index contributed by atoms with van der Waals surface area (Å²) < 4.78 is 19.0. The summed E-state index contributed by atoms with van der Waals surface area (Å²) in [5, 5.41) is 0. The van der Waals surface area contributed by atoms with Gasteiger partial charge in [0.05, 0.1) is 6.42 Å². The van der Waals surface area contributed by atoms with Gasteiger partial charge in [-0.15, -0.1) is 0 Å². The maximum absolute atomic E-state index is 14.0. The normalized spacial score (nSPS) is 18.4. The number of likely N-dealkylation sites (tertiary alicyclic amines) is 1. The van der Waals surface area contributed by atoms with Crippen LogP contribution in [-0.2, 0) is 27.2 Å². The van der Waals surface area contributed by atoms with Gasteiger partial charge in [0, 0.05) is 43.9 Å². The van der Waals surface area contributed by atoms with Crippen molar-refractivity contribution in [2.75, 3.05) is 38.3 Å². The lowest BCUT2D eigenvalue weighted by Crippen LogP contribution is -2.41. The van der Waals surface area contributed by atoms with Crippen molar-refractivity contribution < 1.29 is 18.7 Å². The van der Waals surface area contributed by atoms with Crippen molar-refractivity contribution in [3.05, 3.63) is 52.7 Å². The van der Waals surface area contributed by atoms with Gasteiger partial charge in [0.25, 0.3) is 0 Å². The molecule has 164 valence electrons. The Bertz CT molecular complexity index is 997. The second kappa shape index (κ2) is 9.09. The number of nitrogens with zero attached hydrogens (tertiary/aromatic N) is 4. The van der Waals surface area contributed by atoms with E-state index in [1.165, 1.54) is 13.2 Å². The third kappa shape index (κ3) is 4.44. The minimum absolute atomic E-state index is 0.0164. The number of fused-ring (bicyclic) bond motifs is 1. The van der Waals surface area contributed by atoms with Gasteiger partial charge < -0.3 is 9.64 Å². The summed E-state index contributed by atoms with van der Waals surface area (Å²) in [4.78, 5) is 37.8. The first-order valence-electron chi connectivity index (χ1n) is 10.7. The van der Waals surface area contributed by atoms with Crippen LogP contribution in [0.1, 0.15) is 41.4 Å².